The van der Waals surface area contributed by atoms with Crippen LogP contribution in [0.1, 0.15) is 31.2 Å². The van der Waals surface area contributed by atoms with Crippen molar-refractivity contribution in [3.8, 4) is 0 Å². The van der Waals surface area contributed by atoms with E-state index in [1.165, 1.54) is 24.3 Å². The third-order valence-electron chi connectivity index (χ3n) is 3.78. The average molecular weight is 348 g/mol. The van der Waals surface area contributed by atoms with Crippen molar-refractivity contribution in [1.29, 1.82) is 0 Å². The van der Waals surface area contributed by atoms with Crippen LogP contribution in [0.15, 0.2) is 30.3 Å². The highest BCUT2D eigenvalue weighted by molar-refractivity contribution is 6.30. The number of carbonyl (C=O) groups excluding carboxylic acids is 1. The van der Waals surface area contributed by atoms with E-state index in [1.54, 1.807) is 0 Å². The van der Waals surface area contributed by atoms with Crippen molar-refractivity contribution in [3.05, 3.63) is 40.9 Å². The summed E-state index contributed by atoms with van der Waals surface area (Å²) >= 11 is 5.68. The number of benzene rings is 1. The van der Waals surface area contributed by atoms with E-state index in [-0.39, 0.29) is 11.6 Å². The summed E-state index contributed by atoms with van der Waals surface area (Å²) in [7, 11) is 0. The van der Waals surface area contributed by atoms with Crippen LogP contribution in [-0.4, -0.2) is 29.3 Å². The Kier molecular flexibility index (Phi) is 5.70. The molecule has 1 aliphatic rings. The predicted octanol–water partition coefficient (Wildman–Crippen LogP) is 3.71. The van der Waals surface area contributed by atoms with Crippen LogP contribution in [0.5, 0.6) is 0 Å². The molecule has 23 heavy (non-hydrogen) atoms. The summed E-state index contributed by atoms with van der Waals surface area (Å²) in [6.07, 6.45) is -2.26. The van der Waals surface area contributed by atoms with Crippen LogP contribution < -0.4 is 5.32 Å². The van der Waals surface area contributed by atoms with Gasteiger partial charge in [-0.3, -0.25) is 4.79 Å². The van der Waals surface area contributed by atoms with Crippen LogP contribution >= 0.6 is 11.6 Å². The molecular weight excluding hydrogens is 331 g/mol. The van der Waals surface area contributed by atoms with Gasteiger partial charge in [-0.1, -0.05) is 23.7 Å². The Labute approximate surface area is 137 Å². The Balaban J connectivity index is 2.13. The number of amides is 1. The second kappa shape index (κ2) is 7.36. The summed E-state index contributed by atoms with van der Waals surface area (Å²) in [6, 6.07) is 4.94. The highest BCUT2D eigenvalue weighted by atomic mass is 35.5. The van der Waals surface area contributed by atoms with E-state index >= 15 is 0 Å². The molecule has 0 bridgehead atoms. The number of aliphatic hydroxyl groups excluding tert-OH is 1. The van der Waals surface area contributed by atoms with E-state index in [0.29, 0.717) is 36.8 Å². The molecule has 1 aromatic rings. The third kappa shape index (κ3) is 5.25. The molecule has 0 aliphatic heterocycles. The summed E-state index contributed by atoms with van der Waals surface area (Å²) in [4.78, 5) is 11.9. The van der Waals surface area contributed by atoms with Crippen LogP contribution in [0.25, 0.3) is 5.57 Å². The lowest BCUT2D eigenvalue weighted by molar-refractivity contribution is -0.118. The fraction of sp³-hybridized carbons (Fsp3) is 0.438. The first-order chi connectivity index (χ1) is 10.8. The second-order valence-corrected chi connectivity index (χ2v) is 6.01. The van der Waals surface area contributed by atoms with E-state index in [0.717, 1.165) is 0 Å². The molecule has 1 saturated carbocycles. The summed E-state index contributed by atoms with van der Waals surface area (Å²) < 4.78 is 39.5. The second-order valence-electron chi connectivity index (χ2n) is 5.58. The van der Waals surface area contributed by atoms with Crippen LogP contribution in [-0.2, 0) is 4.79 Å². The minimum Gasteiger partial charge on any atom is -0.393 e. The Morgan fingerprint density at radius 2 is 1.74 bits per heavy atom. The largest absolute Gasteiger partial charge is 0.417 e. The maximum Gasteiger partial charge on any atom is 0.417 e. The highest BCUT2D eigenvalue weighted by Gasteiger charge is 2.35. The summed E-state index contributed by atoms with van der Waals surface area (Å²) in [5, 5.41) is 12.3. The zero-order valence-corrected chi connectivity index (χ0v) is 13.0. The molecule has 0 atom stereocenters. The van der Waals surface area contributed by atoms with Gasteiger partial charge in [0, 0.05) is 17.1 Å². The molecule has 1 aromatic carbocycles. The molecule has 0 spiro atoms. The van der Waals surface area contributed by atoms with Crippen LogP contribution in [0.2, 0.25) is 5.02 Å². The number of hydrogen-bond donors (Lipinski definition) is 2. The maximum atomic E-state index is 13.2. The molecule has 0 heterocycles. The number of hydrogen-bond acceptors (Lipinski definition) is 2. The lowest BCUT2D eigenvalue weighted by Crippen LogP contribution is -2.38. The number of rotatable bonds is 3. The Hall–Kier alpha value is -1.53. The standard InChI is InChI=1S/C16H17ClF3NO2/c17-11-3-1-10(2-4-11)14(16(18,19)20)9-15(23)21-12-5-7-13(22)8-6-12/h1-4,9,12-13,22H,5-8H2,(H,21,23)/b14-9-. The molecule has 0 aromatic heterocycles. The molecular formula is C16H17ClF3NO2. The van der Waals surface area contributed by atoms with Gasteiger partial charge in [0.05, 0.1) is 11.7 Å². The van der Waals surface area contributed by atoms with Crippen molar-refractivity contribution >= 4 is 23.1 Å². The Morgan fingerprint density at radius 1 is 1.17 bits per heavy atom. The maximum absolute atomic E-state index is 13.2. The molecule has 0 unspecified atom stereocenters. The van der Waals surface area contributed by atoms with Crippen molar-refractivity contribution < 1.29 is 23.1 Å². The van der Waals surface area contributed by atoms with Crippen molar-refractivity contribution in [2.24, 2.45) is 0 Å². The minimum absolute atomic E-state index is 0.115. The molecule has 7 heteroatoms. The van der Waals surface area contributed by atoms with Gasteiger partial charge in [0.15, 0.2) is 0 Å². The lowest BCUT2D eigenvalue weighted by Gasteiger charge is -2.25. The first-order valence-electron chi connectivity index (χ1n) is 7.29. The topological polar surface area (TPSA) is 49.3 Å². The van der Waals surface area contributed by atoms with Gasteiger partial charge in [-0.25, -0.2) is 0 Å². The highest BCUT2D eigenvalue weighted by Crippen LogP contribution is 2.34. The van der Waals surface area contributed by atoms with E-state index < -0.39 is 23.8 Å². The number of carbonyl (C=O) groups is 1. The monoisotopic (exact) mass is 347 g/mol. The molecule has 2 N–H and O–H groups in total. The Bertz CT molecular complexity index is 576. The Morgan fingerprint density at radius 3 is 2.26 bits per heavy atom. The van der Waals surface area contributed by atoms with Gasteiger partial charge in [0.25, 0.3) is 0 Å². The SMILES string of the molecule is O=C(/C=C(/c1ccc(Cl)cc1)C(F)(F)F)NC1CCC(O)CC1. The van der Waals surface area contributed by atoms with E-state index in [4.69, 9.17) is 11.6 Å². The fourth-order valence-electron chi connectivity index (χ4n) is 2.55. The van der Waals surface area contributed by atoms with Crippen molar-refractivity contribution in [3.63, 3.8) is 0 Å². The first-order valence-corrected chi connectivity index (χ1v) is 7.67. The normalized spacial score (nSPS) is 22.7. The molecule has 126 valence electrons. The van der Waals surface area contributed by atoms with E-state index in [1.807, 2.05) is 0 Å². The number of alkyl halides is 3. The van der Waals surface area contributed by atoms with Crippen LogP contribution in [0.4, 0.5) is 13.2 Å². The first kappa shape index (κ1) is 17.8. The predicted molar refractivity (Wildman–Crippen MR) is 81.9 cm³/mol. The molecule has 1 amide bonds. The van der Waals surface area contributed by atoms with Gasteiger partial charge in [-0.2, -0.15) is 13.2 Å². The fourth-order valence-corrected chi connectivity index (χ4v) is 2.68. The average Bonchev–Trinajstić information content (AvgIpc) is 2.47. The van der Waals surface area contributed by atoms with Gasteiger partial charge in [0.1, 0.15) is 0 Å². The molecule has 1 fully saturated rings. The molecule has 0 saturated heterocycles. The molecule has 2 rings (SSSR count). The molecule has 1 aliphatic carbocycles. The van der Waals surface area contributed by atoms with Crippen molar-refractivity contribution in [2.75, 3.05) is 0 Å². The third-order valence-corrected chi connectivity index (χ3v) is 4.03. The van der Waals surface area contributed by atoms with Gasteiger partial charge in [0.2, 0.25) is 5.91 Å². The molecule has 3 nitrogen and oxygen atoms in total. The molecule has 0 radical (unpaired) electrons. The van der Waals surface area contributed by atoms with Gasteiger partial charge < -0.3 is 10.4 Å². The summed E-state index contributed by atoms with van der Waals surface area (Å²) in [6.45, 7) is 0. The van der Waals surface area contributed by atoms with E-state index in [9.17, 15) is 23.1 Å². The van der Waals surface area contributed by atoms with Crippen LogP contribution in [0.3, 0.4) is 0 Å². The van der Waals surface area contributed by atoms with Crippen LogP contribution in [0, 0.1) is 0 Å². The van der Waals surface area contributed by atoms with E-state index in [2.05, 4.69) is 5.32 Å². The zero-order valence-electron chi connectivity index (χ0n) is 12.2. The van der Waals surface area contributed by atoms with Gasteiger partial charge in [-0.15, -0.1) is 0 Å². The number of halogens is 4. The summed E-state index contributed by atoms with van der Waals surface area (Å²) in [5.74, 6) is -0.784. The summed E-state index contributed by atoms with van der Waals surface area (Å²) in [5.41, 5.74) is -1.13. The number of nitrogens with one attached hydrogen (secondary N) is 1. The van der Waals surface area contributed by atoms with Gasteiger partial charge in [-0.05, 0) is 43.4 Å². The van der Waals surface area contributed by atoms with Gasteiger partial charge >= 0.3 is 6.18 Å². The quantitative estimate of drug-likeness (QED) is 0.819. The smallest absolute Gasteiger partial charge is 0.393 e. The zero-order chi connectivity index (χ0) is 17.0. The van der Waals surface area contributed by atoms with Crippen molar-refractivity contribution in [2.45, 2.75) is 44.0 Å². The number of aliphatic hydroxyl groups is 1. The lowest BCUT2D eigenvalue weighted by atomic mass is 9.93. The minimum atomic E-state index is -4.64. The number of allylic oxidation sites excluding steroid dienone is 1. The van der Waals surface area contributed by atoms with Crippen molar-refractivity contribution in [1.82, 2.24) is 5.32 Å².